The largest absolute Gasteiger partial charge is 0.377 e. The lowest BCUT2D eigenvalue weighted by molar-refractivity contribution is 0.0260. The van der Waals surface area contributed by atoms with E-state index in [0.29, 0.717) is 22.9 Å². The summed E-state index contributed by atoms with van der Waals surface area (Å²) in [5.74, 6) is 1.40. The summed E-state index contributed by atoms with van der Waals surface area (Å²) in [6.45, 7) is 15.0. The molecule has 168 valence electrons. The van der Waals surface area contributed by atoms with E-state index in [1.165, 1.54) is 50.5 Å². The van der Waals surface area contributed by atoms with Gasteiger partial charge in [-0.05, 0) is 77.9 Å². The van der Waals surface area contributed by atoms with Gasteiger partial charge in [0, 0.05) is 32.8 Å². The van der Waals surface area contributed by atoms with Gasteiger partial charge >= 0.3 is 0 Å². The predicted octanol–water partition coefficient (Wildman–Crippen LogP) is 5.18. The molecule has 1 heterocycles. The summed E-state index contributed by atoms with van der Waals surface area (Å²) in [5.41, 5.74) is 5.54. The molecule has 0 aromatic heterocycles. The SMILES string of the molecule is CC(C)c1ccc2c(c1)CC[C@H]1[C@](C)(CNCCNCC3CCCO3)CCC[C@]21C. The minimum absolute atomic E-state index is 0.343. The number of rotatable bonds is 8. The van der Waals surface area contributed by atoms with Gasteiger partial charge in [-0.2, -0.15) is 0 Å². The first-order chi connectivity index (χ1) is 14.4. The van der Waals surface area contributed by atoms with Crippen LogP contribution in [-0.2, 0) is 16.6 Å². The van der Waals surface area contributed by atoms with Crippen molar-refractivity contribution in [2.75, 3.05) is 32.8 Å². The van der Waals surface area contributed by atoms with Crippen LogP contribution in [0.15, 0.2) is 18.2 Å². The second kappa shape index (κ2) is 9.30. The van der Waals surface area contributed by atoms with Gasteiger partial charge in [-0.3, -0.25) is 0 Å². The van der Waals surface area contributed by atoms with Gasteiger partial charge in [0.25, 0.3) is 0 Å². The molecule has 1 saturated heterocycles. The van der Waals surface area contributed by atoms with Crippen molar-refractivity contribution in [3.63, 3.8) is 0 Å². The molecule has 2 N–H and O–H groups in total. The van der Waals surface area contributed by atoms with Gasteiger partial charge in [0.05, 0.1) is 6.10 Å². The van der Waals surface area contributed by atoms with E-state index in [4.69, 9.17) is 4.74 Å². The third-order valence-electron chi connectivity index (χ3n) is 8.57. The first kappa shape index (κ1) is 22.3. The lowest BCUT2D eigenvalue weighted by atomic mass is 9.49. The minimum atomic E-state index is 0.343. The molecule has 3 aliphatic rings. The molecular formula is C27H44N2O. The van der Waals surface area contributed by atoms with Crippen molar-refractivity contribution in [2.24, 2.45) is 11.3 Å². The Morgan fingerprint density at radius 3 is 2.67 bits per heavy atom. The van der Waals surface area contributed by atoms with Crippen LogP contribution in [0.2, 0.25) is 0 Å². The summed E-state index contributed by atoms with van der Waals surface area (Å²) in [4.78, 5) is 0. The minimum Gasteiger partial charge on any atom is -0.377 e. The van der Waals surface area contributed by atoms with E-state index < -0.39 is 0 Å². The number of fused-ring (bicyclic) bond motifs is 3. The second-order valence-corrected chi connectivity index (χ2v) is 11.1. The van der Waals surface area contributed by atoms with Crippen LogP contribution in [-0.4, -0.2) is 38.9 Å². The third-order valence-corrected chi connectivity index (χ3v) is 8.57. The third kappa shape index (κ3) is 4.49. The van der Waals surface area contributed by atoms with Gasteiger partial charge < -0.3 is 15.4 Å². The van der Waals surface area contributed by atoms with Gasteiger partial charge in [-0.25, -0.2) is 0 Å². The van der Waals surface area contributed by atoms with E-state index in [-0.39, 0.29) is 0 Å². The van der Waals surface area contributed by atoms with E-state index in [9.17, 15) is 0 Å². The fourth-order valence-corrected chi connectivity index (χ4v) is 6.83. The van der Waals surface area contributed by atoms with Crippen molar-refractivity contribution in [3.8, 4) is 0 Å². The fraction of sp³-hybridized carbons (Fsp3) is 0.778. The van der Waals surface area contributed by atoms with Gasteiger partial charge in [-0.15, -0.1) is 0 Å². The lowest BCUT2D eigenvalue weighted by Crippen LogP contribution is -2.53. The summed E-state index contributed by atoms with van der Waals surface area (Å²) in [6, 6.07) is 7.41. The Morgan fingerprint density at radius 2 is 1.90 bits per heavy atom. The first-order valence-corrected chi connectivity index (χ1v) is 12.6. The maximum atomic E-state index is 5.71. The molecule has 1 unspecified atom stereocenters. The van der Waals surface area contributed by atoms with Crippen molar-refractivity contribution in [2.45, 2.75) is 90.1 Å². The van der Waals surface area contributed by atoms with Crippen LogP contribution in [0.25, 0.3) is 0 Å². The van der Waals surface area contributed by atoms with Crippen LogP contribution in [0.3, 0.4) is 0 Å². The molecular weight excluding hydrogens is 368 g/mol. The highest BCUT2D eigenvalue weighted by Gasteiger charge is 2.51. The summed E-state index contributed by atoms with van der Waals surface area (Å²) in [7, 11) is 0. The average molecular weight is 413 g/mol. The van der Waals surface area contributed by atoms with Crippen molar-refractivity contribution in [1.29, 1.82) is 0 Å². The van der Waals surface area contributed by atoms with Gasteiger partial charge in [0.2, 0.25) is 0 Å². The summed E-state index contributed by atoms with van der Waals surface area (Å²) in [5, 5.41) is 7.40. The van der Waals surface area contributed by atoms with E-state index in [0.717, 1.165) is 38.7 Å². The molecule has 3 heteroatoms. The van der Waals surface area contributed by atoms with E-state index >= 15 is 0 Å². The van der Waals surface area contributed by atoms with E-state index in [2.05, 4.69) is 56.5 Å². The van der Waals surface area contributed by atoms with Gasteiger partial charge in [-0.1, -0.05) is 52.3 Å². The molecule has 4 rings (SSSR count). The Morgan fingerprint density at radius 1 is 1.07 bits per heavy atom. The van der Waals surface area contributed by atoms with Gasteiger partial charge in [0.1, 0.15) is 0 Å². The number of ether oxygens (including phenoxy) is 1. The first-order valence-electron chi connectivity index (χ1n) is 12.6. The highest BCUT2D eigenvalue weighted by molar-refractivity contribution is 5.42. The highest BCUT2D eigenvalue weighted by Crippen LogP contribution is 2.57. The van der Waals surface area contributed by atoms with Crippen LogP contribution in [0.1, 0.15) is 88.8 Å². The molecule has 0 radical (unpaired) electrons. The number of hydrogen-bond donors (Lipinski definition) is 2. The Kier molecular flexibility index (Phi) is 6.91. The van der Waals surface area contributed by atoms with Crippen LogP contribution >= 0.6 is 0 Å². The fourth-order valence-electron chi connectivity index (χ4n) is 6.83. The molecule has 3 nitrogen and oxygen atoms in total. The molecule has 0 amide bonds. The Bertz CT molecular complexity index is 711. The zero-order valence-electron chi connectivity index (χ0n) is 19.9. The Balaban J connectivity index is 1.35. The molecule has 1 aliphatic heterocycles. The normalized spacial score (nSPS) is 33.5. The summed E-state index contributed by atoms with van der Waals surface area (Å²) in [6.07, 6.45) is 9.57. The quantitative estimate of drug-likeness (QED) is 0.577. The van der Waals surface area contributed by atoms with Crippen molar-refractivity contribution in [1.82, 2.24) is 10.6 Å². The summed E-state index contributed by atoms with van der Waals surface area (Å²) < 4.78 is 5.71. The number of nitrogens with one attached hydrogen (secondary N) is 2. The zero-order valence-corrected chi connectivity index (χ0v) is 19.9. The molecule has 0 spiro atoms. The molecule has 2 fully saturated rings. The monoisotopic (exact) mass is 412 g/mol. The number of benzene rings is 1. The number of hydrogen-bond acceptors (Lipinski definition) is 3. The van der Waals surface area contributed by atoms with E-state index in [1.807, 2.05) is 0 Å². The molecule has 1 aromatic carbocycles. The highest BCUT2D eigenvalue weighted by atomic mass is 16.5. The second-order valence-electron chi connectivity index (χ2n) is 11.1. The van der Waals surface area contributed by atoms with Crippen molar-refractivity contribution >= 4 is 0 Å². The molecule has 0 bridgehead atoms. The van der Waals surface area contributed by atoms with Gasteiger partial charge in [0.15, 0.2) is 0 Å². The van der Waals surface area contributed by atoms with Crippen LogP contribution in [0, 0.1) is 11.3 Å². The lowest BCUT2D eigenvalue weighted by Gasteiger charge is -2.55. The topological polar surface area (TPSA) is 33.3 Å². The maximum Gasteiger partial charge on any atom is 0.0700 e. The van der Waals surface area contributed by atoms with Crippen LogP contribution < -0.4 is 10.6 Å². The standard InChI is InChI=1S/C27H44N2O/c1-20(2)21-8-10-24-22(17-21)9-11-25-26(3,12-6-13-27(24,25)4)19-29-15-14-28-18-23-7-5-16-30-23/h8,10,17,20,23,25,28-29H,5-7,9,11-16,18-19H2,1-4H3/t23?,25-,26-,27+/m0/s1. The van der Waals surface area contributed by atoms with Crippen molar-refractivity contribution < 1.29 is 4.74 Å². The molecule has 1 aromatic rings. The molecule has 30 heavy (non-hydrogen) atoms. The average Bonchev–Trinajstić information content (AvgIpc) is 3.23. The molecule has 1 saturated carbocycles. The van der Waals surface area contributed by atoms with Crippen LogP contribution in [0.5, 0.6) is 0 Å². The smallest absolute Gasteiger partial charge is 0.0700 e. The molecule has 2 aliphatic carbocycles. The Labute approximate surface area is 184 Å². The maximum absolute atomic E-state index is 5.71. The molecule has 4 atom stereocenters. The Hall–Kier alpha value is -0.900. The number of aryl methyl sites for hydroxylation is 1. The predicted molar refractivity (Wildman–Crippen MR) is 126 cm³/mol. The van der Waals surface area contributed by atoms with Crippen LogP contribution in [0.4, 0.5) is 0 Å². The zero-order chi connectivity index (χ0) is 21.2. The summed E-state index contributed by atoms with van der Waals surface area (Å²) >= 11 is 0. The van der Waals surface area contributed by atoms with Crippen molar-refractivity contribution in [3.05, 3.63) is 34.9 Å². The van der Waals surface area contributed by atoms with E-state index in [1.54, 1.807) is 11.1 Å².